The molecule has 1 aromatic heterocycles. The van der Waals surface area contributed by atoms with Crippen molar-refractivity contribution in [3.63, 3.8) is 0 Å². The molecule has 0 bridgehead atoms. The molecule has 0 amide bonds. The van der Waals surface area contributed by atoms with Crippen molar-refractivity contribution in [3.8, 4) is 0 Å². The number of anilines is 2. The van der Waals surface area contributed by atoms with Crippen LogP contribution in [-0.2, 0) is 6.54 Å². The summed E-state index contributed by atoms with van der Waals surface area (Å²) in [4.78, 5) is 4.57. The number of hydrogen-bond donors (Lipinski definition) is 1. The first-order valence-electron chi connectivity index (χ1n) is 6.41. The van der Waals surface area contributed by atoms with Gasteiger partial charge in [0, 0.05) is 23.2 Å². The van der Waals surface area contributed by atoms with Crippen molar-refractivity contribution < 1.29 is 0 Å². The third-order valence-electron chi connectivity index (χ3n) is 3.03. The number of imidazole rings is 1. The van der Waals surface area contributed by atoms with Crippen LogP contribution in [0.5, 0.6) is 0 Å². The van der Waals surface area contributed by atoms with Crippen LogP contribution in [0.1, 0.15) is 19.5 Å². The van der Waals surface area contributed by atoms with E-state index in [9.17, 15) is 0 Å². The fourth-order valence-electron chi connectivity index (χ4n) is 1.89. The molecular weight excluding hydrogens is 254 g/mol. The second kappa shape index (κ2) is 5.70. The number of hydrogen-bond acceptors (Lipinski definition) is 3. The second-order valence-corrected chi connectivity index (χ2v) is 6.80. The van der Waals surface area contributed by atoms with Crippen molar-refractivity contribution in [2.45, 2.75) is 32.1 Å². The molecule has 0 aliphatic carbocycles. The zero-order valence-electron chi connectivity index (χ0n) is 12.0. The largest absolute Gasteiger partial charge is 0.326 e. The summed E-state index contributed by atoms with van der Waals surface area (Å²) in [6, 6.07) is 10.2. The molecule has 4 heteroatoms. The first-order valence-corrected chi connectivity index (χ1v) is 7.64. The monoisotopic (exact) mass is 275 g/mol. The molecule has 0 radical (unpaired) electrons. The Balaban J connectivity index is 2.21. The van der Waals surface area contributed by atoms with Gasteiger partial charge in [-0.2, -0.15) is 11.8 Å². The first kappa shape index (κ1) is 14.0. The van der Waals surface area contributed by atoms with Crippen LogP contribution in [0.2, 0.25) is 0 Å². The maximum Gasteiger partial charge on any atom is 0.207 e. The highest BCUT2D eigenvalue weighted by atomic mass is 32.2. The Morgan fingerprint density at radius 3 is 2.58 bits per heavy atom. The van der Waals surface area contributed by atoms with Crippen molar-refractivity contribution in [1.29, 1.82) is 0 Å². The molecule has 3 nitrogen and oxygen atoms in total. The Hall–Kier alpha value is -1.42. The lowest BCUT2D eigenvalue weighted by Crippen LogP contribution is -2.22. The lowest BCUT2D eigenvalue weighted by molar-refractivity contribution is 0.573. The fraction of sp³-hybridized carbons (Fsp3) is 0.400. The average molecular weight is 275 g/mol. The third kappa shape index (κ3) is 3.77. The van der Waals surface area contributed by atoms with E-state index in [1.165, 1.54) is 0 Å². The number of rotatable bonds is 5. The Kier molecular flexibility index (Phi) is 4.20. The molecule has 0 saturated carbocycles. The molecule has 2 aromatic rings. The van der Waals surface area contributed by atoms with E-state index >= 15 is 0 Å². The molecule has 0 atom stereocenters. The third-order valence-corrected chi connectivity index (χ3v) is 4.26. The van der Waals surface area contributed by atoms with Gasteiger partial charge in [0.1, 0.15) is 0 Å². The van der Waals surface area contributed by atoms with Gasteiger partial charge in [-0.25, -0.2) is 4.98 Å². The van der Waals surface area contributed by atoms with Crippen LogP contribution in [0.25, 0.3) is 0 Å². The number of aromatic nitrogens is 2. The lowest BCUT2D eigenvalue weighted by Gasteiger charge is -2.23. The fourth-order valence-corrected chi connectivity index (χ4v) is 2.16. The van der Waals surface area contributed by atoms with Gasteiger partial charge in [0.25, 0.3) is 0 Å². The standard InChI is InChI=1S/C15H21N3S/c1-12-10-18(11-15(2,3)19-4)14(16-12)17-13-8-6-5-7-9-13/h5-10H,11H2,1-4H3,(H,16,17). The van der Waals surface area contributed by atoms with Crippen molar-refractivity contribution in [2.24, 2.45) is 0 Å². The summed E-state index contributed by atoms with van der Waals surface area (Å²) in [5, 5.41) is 3.38. The quantitative estimate of drug-likeness (QED) is 0.892. The molecular formula is C15H21N3S. The zero-order chi connectivity index (χ0) is 13.9. The van der Waals surface area contributed by atoms with Crippen molar-refractivity contribution in [3.05, 3.63) is 42.2 Å². The summed E-state index contributed by atoms with van der Waals surface area (Å²) in [5.41, 5.74) is 2.10. The Bertz CT molecular complexity index is 532. The molecule has 0 spiro atoms. The molecule has 1 aromatic carbocycles. The maximum atomic E-state index is 4.57. The highest BCUT2D eigenvalue weighted by Gasteiger charge is 2.19. The minimum atomic E-state index is 0.195. The van der Waals surface area contributed by atoms with E-state index in [0.717, 1.165) is 23.9 Å². The van der Waals surface area contributed by atoms with Gasteiger partial charge in [0.2, 0.25) is 5.95 Å². The van der Waals surface area contributed by atoms with E-state index in [4.69, 9.17) is 0 Å². The first-order chi connectivity index (χ1) is 9.00. The van der Waals surface area contributed by atoms with Gasteiger partial charge >= 0.3 is 0 Å². The molecule has 0 fully saturated rings. The number of benzene rings is 1. The van der Waals surface area contributed by atoms with Gasteiger partial charge in [0.15, 0.2) is 0 Å². The van der Waals surface area contributed by atoms with Crippen LogP contribution in [0.15, 0.2) is 36.5 Å². The molecule has 0 aliphatic heterocycles. The molecule has 102 valence electrons. The number of para-hydroxylation sites is 1. The molecule has 0 saturated heterocycles. The van der Waals surface area contributed by atoms with Gasteiger partial charge in [-0.15, -0.1) is 0 Å². The molecule has 2 rings (SSSR count). The Labute approximate surface area is 119 Å². The zero-order valence-corrected chi connectivity index (χ0v) is 12.8. The maximum absolute atomic E-state index is 4.57. The van der Waals surface area contributed by atoms with Gasteiger partial charge in [-0.3, -0.25) is 0 Å². The number of thioether (sulfide) groups is 1. The summed E-state index contributed by atoms with van der Waals surface area (Å²) in [7, 11) is 0. The van der Waals surface area contributed by atoms with Crippen molar-refractivity contribution in [1.82, 2.24) is 9.55 Å². The van der Waals surface area contributed by atoms with E-state index in [0.29, 0.717) is 0 Å². The van der Waals surface area contributed by atoms with E-state index in [1.807, 2.05) is 49.0 Å². The van der Waals surface area contributed by atoms with Crippen molar-refractivity contribution >= 4 is 23.4 Å². The van der Waals surface area contributed by atoms with Crippen LogP contribution in [-0.4, -0.2) is 20.6 Å². The van der Waals surface area contributed by atoms with Crippen LogP contribution in [0.4, 0.5) is 11.6 Å². The highest BCUT2D eigenvalue weighted by Crippen LogP contribution is 2.26. The number of aryl methyl sites for hydroxylation is 1. The minimum Gasteiger partial charge on any atom is -0.326 e. The van der Waals surface area contributed by atoms with Gasteiger partial charge in [-0.05, 0) is 39.2 Å². The molecule has 1 N–H and O–H groups in total. The van der Waals surface area contributed by atoms with Crippen LogP contribution >= 0.6 is 11.8 Å². The lowest BCUT2D eigenvalue weighted by atomic mass is 10.2. The van der Waals surface area contributed by atoms with Gasteiger partial charge in [-0.1, -0.05) is 18.2 Å². The summed E-state index contributed by atoms with van der Waals surface area (Å²) in [5.74, 6) is 0.908. The molecule has 0 aliphatic rings. The van der Waals surface area contributed by atoms with E-state index in [-0.39, 0.29) is 4.75 Å². The average Bonchev–Trinajstić information content (AvgIpc) is 2.70. The van der Waals surface area contributed by atoms with Gasteiger partial charge < -0.3 is 9.88 Å². The predicted molar refractivity (Wildman–Crippen MR) is 84.3 cm³/mol. The normalized spacial score (nSPS) is 11.6. The molecule has 1 heterocycles. The Morgan fingerprint density at radius 2 is 1.95 bits per heavy atom. The number of nitrogens with zero attached hydrogens (tertiary/aromatic N) is 2. The van der Waals surface area contributed by atoms with Crippen LogP contribution in [0, 0.1) is 6.92 Å². The van der Waals surface area contributed by atoms with Crippen molar-refractivity contribution in [2.75, 3.05) is 11.6 Å². The van der Waals surface area contributed by atoms with E-state index < -0.39 is 0 Å². The summed E-state index contributed by atoms with van der Waals surface area (Å²) in [6.07, 6.45) is 4.25. The molecule has 19 heavy (non-hydrogen) atoms. The highest BCUT2D eigenvalue weighted by molar-refractivity contribution is 7.99. The number of nitrogens with one attached hydrogen (secondary N) is 1. The summed E-state index contributed by atoms with van der Waals surface area (Å²) >= 11 is 1.87. The van der Waals surface area contributed by atoms with Crippen LogP contribution in [0.3, 0.4) is 0 Å². The SMILES string of the molecule is CSC(C)(C)Cn1cc(C)nc1Nc1ccccc1. The van der Waals surface area contributed by atoms with Gasteiger partial charge in [0.05, 0.1) is 5.69 Å². The topological polar surface area (TPSA) is 29.9 Å². The van der Waals surface area contributed by atoms with Crippen LogP contribution < -0.4 is 5.32 Å². The predicted octanol–water partition coefficient (Wildman–Crippen LogP) is 4.08. The van der Waals surface area contributed by atoms with E-state index in [2.05, 4.69) is 41.2 Å². The molecule has 0 unspecified atom stereocenters. The second-order valence-electron chi connectivity index (χ2n) is 5.29. The Morgan fingerprint density at radius 1 is 1.26 bits per heavy atom. The summed E-state index contributed by atoms with van der Waals surface area (Å²) in [6.45, 7) is 7.46. The van der Waals surface area contributed by atoms with E-state index in [1.54, 1.807) is 0 Å². The smallest absolute Gasteiger partial charge is 0.207 e. The minimum absolute atomic E-state index is 0.195. The summed E-state index contributed by atoms with van der Waals surface area (Å²) < 4.78 is 2.39.